The Kier molecular flexibility index (Phi) is 10.9. The van der Waals surface area contributed by atoms with E-state index >= 15 is 0 Å². The van der Waals surface area contributed by atoms with E-state index in [1.165, 1.54) is 12.1 Å². The largest absolute Gasteiger partial charge is 0.464 e. The van der Waals surface area contributed by atoms with Crippen molar-refractivity contribution in [2.24, 2.45) is 11.3 Å². The minimum atomic E-state index is -0.322. The number of amides is 2. The topological polar surface area (TPSA) is 66.2 Å². The van der Waals surface area contributed by atoms with Crippen molar-refractivity contribution in [1.82, 2.24) is 14.7 Å². The van der Waals surface area contributed by atoms with Gasteiger partial charge in [0.1, 0.15) is 17.3 Å². The molecule has 1 saturated heterocycles. The highest BCUT2D eigenvalue weighted by atomic mass is 19.1. The monoisotopic (exact) mass is 529 g/mol. The highest BCUT2D eigenvalue weighted by Gasteiger charge is 2.26. The average Bonchev–Trinajstić information content (AvgIpc) is 3.26. The summed E-state index contributed by atoms with van der Waals surface area (Å²) in [5.74, 6) is 1.16. The van der Waals surface area contributed by atoms with Crippen LogP contribution in [0.5, 0.6) is 0 Å². The van der Waals surface area contributed by atoms with E-state index in [1.54, 1.807) is 21.9 Å². The van der Waals surface area contributed by atoms with E-state index in [-0.39, 0.29) is 42.1 Å². The van der Waals surface area contributed by atoms with Gasteiger partial charge < -0.3 is 19.0 Å². The number of nitrogens with zero attached hydrogens (tertiary/aromatic N) is 3. The maximum Gasteiger partial charge on any atom is 0.242 e. The molecule has 1 aromatic carbocycles. The Labute approximate surface area is 226 Å². The van der Waals surface area contributed by atoms with Crippen LogP contribution in [0.15, 0.2) is 40.8 Å². The first kappa shape index (κ1) is 29.8. The van der Waals surface area contributed by atoms with Crippen LogP contribution in [0.2, 0.25) is 0 Å². The second-order valence-corrected chi connectivity index (χ2v) is 11.7. The summed E-state index contributed by atoms with van der Waals surface area (Å²) < 4.78 is 24.7. The van der Waals surface area contributed by atoms with Crippen LogP contribution in [-0.4, -0.2) is 72.5 Å². The number of morpholine rings is 1. The zero-order chi connectivity index (χ0) is 27.7. The Balaban J connectivity index is 1.74. The summed E-state index contributed by atoms with van der Waals surface area (Å²) in [4.78, 5) is 32.8. The van der Waals surface area contributed by atoms with Gasteiger partial charge in [-0.15, -0.1) is 0 Å². The Morgan fingerprint density at radius 1 is 1.00 bits per heavy atom. The molecular formula is C30H44FN3O4. The number of benzene rings is 1. The molecule has 210 valence electrons. The molecule has 2 heterocycles. The van der Waals surface area contributed by atoms with Gasteiger partial charge in [-0.3, -0.25) is 14.5 Å². The summed E-state index contributed by atoms with van der Waals surface area (Å²) >= 11 is 0. The van der Waals surface area contributed by atoms with E-state index < -0.39 is 0 Å². The Morgan fingerprint density at radius 3 is 2.29 bits per heavy atom. The van der Waals surface area contributed by atoms with Gasteiger partial charge in [0, 0.05) is 39.1 Å². The van der Waals surface area contributed by atoms with Crippen molar-refractivity contribution in [3.8, 4) is 0 Å². The number of carbonyl (C=O) groups is 2. The van der Waals surface area contributed by atoms with Crippen LogP contribution >= 0.6 is 0 Å². The lowest BCUT2D eigenvalue weighted by Gasteiger charge is -2.32. The summed E-state index contributed by atoms with van der Waals surface area (Å²) in [5, 5.41) is 0. The van der Waals surface area contributed by atoms with E-state index in [4.69, 9.17) is 9.15 Å². The first-order valence-electron chi connectivity index (χ1n) is 13.6. The van der Waals surface area contributed by atoms with Crippen molar-refractivity contribution < 1.29 is 23.1 Å². The first-order chi connectivity index (χ1) is 18.0. The van der Waals surface area contributed by atoms with Gasteiger partial charge in [-0.05, 0) is 54.5 Å². The van der Waals surface area contributed by atoms with Crippen molar-refractivity contribution in [3.05, 3.63) is 59.3 Å². The molecule has 7 nitrogen and oxygen atoms in total. The lowest BCUT2D eigenvalue weighted by molar-refractivity contribution is -0.142. The van der Waals surface area contributed by atoms with Gasteiger partial charge in [-0.25, -0.2) is 4.39 Å². The van der Waals surface area contributed by atoms with Gasteiger partial charge in [-0.1, -0.05) is 39.8 Å². The molecule has 0 saturated carbocycles. The predicted molar refractivity (Wildman–Crippen MR) is 146 cm³/mol. The van der Waals surface area contributed by atoms with Crippen molar-refractivity contribution in [1.29, 1.82) is 0 Å². The Bertz CT molecular complexity index is 1020. The van der Waals surface area contributed by atoms with Crippen LogP contribution in [0.1, 0.15) is 57.6 Å². The SMILES string of the molecule is Cc1ccc(CN(Cc2ccc(F)cc2)C(=O)CN(CCN2CCOCC2)C(=O)CC(C)CC(C)(C)C)o1. The lowest BCUT2D eigenvalue weighted by Crippen LogP contribution is -2.47. The highest BCUT2D eigenvalue weighted by Crippen LogP contribution is 2.26. The predicted octanol–water partition coefficient (Wildman–Crippen LogP) is 4.88. The van der Waals surface area contributed by atoms with Gasteiger partial charge in [0.05, 0.1) is 26.3 Å². The summed E-state index contributed by atoms with van der Waals surface area (Å²) in [5.41, 5.74) is 0.939. The molecule has 0 bridgehead atoms. The summed E-state index contributed by atoms with van der Waals surface area (Å²) in [6.45, 7) is 15.3. The molecule has 8 heteroatoms. The minimum Gasteiger partial charge on any atom is -0.464 e. The van der Waals surface area contributed by atoms with Crippen LogP contribution < -0.4 is 0 Å². The molecule has 3 rings (SSSR count). The molecule has 0 radical (unpaired) electrons. The van der Waals surface area contributed by atoms with Gasteiger partial charge >= 0.3 is 0 Å². The normalized spacial score (nSPS) is 15.3. The van der Waals surface area contributed by atoms with E-state index in [9.17, 15) is 14.0 Å². The molecule has 1 atom stereocenters. The molecule has 0 N–H and O–H groups in total. The third-order valence-electron chi connectivity index (χ3n) is 6.73. The fourth-order valence-electron chi connectivity index (χ4n) is 4.99. The van der Waals surface area contributed by atoms with E-state index in [0.29, 0.717) is 45.0 Å². The van der Waals surface area contributed by atoms with Crippen molar-refractivity contribution in [2.75, 3.05) is 45.9 Å². The Morgan fingerprint density at radius 2 is 1.68 bits per heavy atom. The standard InChI is InChI=1S/C30H44FN3O4/c1-23(19-30(3,4)5)18-28(35)33(13-12-32-14-16-37-17-15-32)22-29(36)34(21-27-11-6-24(2)38-27)20-25-7-9-26(31)10-8-25/h6-11,23H,12-22H2,1-5H3. The fourth-order valence-corrected chi connectivity index (χ4v) is 4.99. The number of furan rings is 1. The number of carbonyl (C=O) groups excluding carboxylic acids is 2. The molecule has 1 fully saturated rings. The molecule has 1 aromatic heterocycles. The average molecular weight is 530 g/mol. The van der Waals surface area contributed by atoms with Crippen LogP contribution in [0.3, 0.4) is 0 Å². The third kappa shape index (κ3) is 10.2. The van der Waals surface area contributed by atoms with Gasteiger partial charge in [0.2, 0.25) is 11.8 Å². The van der Waals surface area contributed by atoms with Crippen LogP contribution in [0.25, 0.3) is 0 Å². The van der Waals surface area contributed by atoms with Crippen LogP contribution in [-0.2, 0) is 27.4 Å². The smallest absolute Gasteiger partial charge is 0.242 e. The molecule has 0 aliphatic carbocycles. The van der Waals surface area contributed by atoms with E-state index in [0.717, 1.165) is 30.8 Å². The Hall–Kier alpha value is -2.71. The molecule has 2 amide bonds. The van der Waals surface area contributed by atoms with Gasteiger partial charge in [0.15, 0.2) is 0 Å². The second kappa shape index (κ2) is 13.9. The summed E-state index contributed by atoms with van der Waals surface area (Å²) in [7, 11) is 0. The number of aryl methyl sites for hydroxylation is 1. The second-order valence-electron chi connectivity index (χ2n) is 11.7. The quantitative estimate of drug-likeness (QED) is 0.392. The molecule has 1 unspecified atom stereocenters. The maximum atomic E-state index is 13.7. The molecule has 1 aliphatic heterocycles. The van der Waals surface area contributed by atoms with Crippen LogP contribution in [0, 0.1) is 24.1 Å². The van der Waals surface area contributed by atoms with Gasteiger partial charge in [-0.2, -0.15) is 0 Å². The number of hydrogen-bond acceptors (Lipinski definition) is 5. The molecular weight excluding hydrogens is 485 g/mol. The molecule has 1 aliphatic rings. The summed E-state index contributed by atoms with van der Waals surface area (Å²) in [6.07, 6.45) is 1.33. The highest BCUT2D eigenvalue weighted by molar-refractivity contribution is 5.85. The van der Waals surface area contributed by atoms with Crippen molar-refractivity contribution in [2.45, 2.75) is 60.5 Å². The van der Waals surface area contributed by atoms with E-state index in [1.807, 2.05) is 19.1 Å². The zero-order valence-electron chi connectivity index (χ0n) is 23.7. The van der Waals surface area contributed by atoms with Crippen molar-refractivity contribution >= 4 is 11.8 Å². The minimum absolute atomic E-state index is 0.000986. The zero-order valence-corrected chi connectivity index (χ0v) is 23.7. The number of hydrogen-bond donors (Lipinski definition) is 0. The molecule has 38 heavy (non-hydrogen) atoms. The van der Waals surface area contributed by atoms with Crippen molar-refractivity contribution in [3.63, 3.8) is 0 Å². The van der Waals surface area contributed by atoms with Crippen LogP contribution in [0.4, 0.5) is 4.39 Å². The molecule has 2 aromatic rings. The number of ether oxygens (including phenoxy) is 1. The molecule has 0 spiro atoms. The first-order valence-corrected chi connectivity index (χ1v) is 13.6. The van der Waals surface area contributed by atoms with Gasteiger partial charge in [0.25, 0.3) is 0 Å². The number of halogens is 1. The summed E-state index contributed by atoms with van der Waals surface area (Å²) in [6, 6.07) is 9.87. The lowest BCUT2D eigenvalue weighted by atomic mass is 9.84. The fraction of sp³-hybridized carbons (Fsp3) is 0.600. The van der Waals surface area contributed by atoms with E-state index in [2.05, 4.69) is 32.6 Å². The third-order valence-corrected chi connectivity index (χ3v) is 6.73. The number of rotatable bonds is 12. The maximum absolute atomic E-state index is 13.7.